The number of carbonyl (C=O) groups is 2. The molecule has 0 bridgehead atoms. The van der Waals surface area contributed by atoms with Crippen molar-refractivity contribution in [3.8, 4) is 5.75 Å². The highest BCUT2D eigenvalue weighted by Crippen LogP contribution is 2.52. The topological polar surface area (TPSA) is 108 Å². The zero-order chi connectivity index (χ0) is 21.8. The van der Waals surface area contributed by atoms with E-state index in [1.165, 1.54) is 7.05 Å². The summed E-state index contributed by atoms with van der Waals surface area (Å²) in [7, 11) is 1.53. The molecule has 1 aliphatic heterocycles. The smallest absolute Gasteiger partial charge is 0.254 e. The van der Waals surface area contributed by atoms with Gasteiger partial charge in [-0.25, -0.2) is 0 Å². The maximum absolute atomic E-state index is 13.1. The average Bonchev–Trinajstić information content (AvgIpc) is 3.13. The first-order valence-electron chi connectivity index (χ1n) is 10.7. The maximum atomic E-state index is 13.1. The first-order chi connectivity index (χ1) is 15.0. The molecule has 1 unspecified atom stereocenters. The zero-order valence-corrected chi connectivity index (χ0v) is 17.3. The van der Waals surface area contributed by atoms with Gasteiger partial charge in [0.05, 0.1) is 23.7 Å². The van der Waals surface area contributed by atoms with Gasteiger partial charge < -0.3 is 25.6 Å². The van der Waals surface area contributed by atoms with Crippen molar-refractivity contribution in [1.82, 2.24) is 10.6 Å². The van der Waals surface area contributed by atoms with Crippen LogP contribution in [0.15, 0.2) is 42.5 Å². The van der Waals surface area contributed by atoms with E-state index in [0.717, 1.165) is 18.4 Å². The van der Waals surface area contributed by atoms with Gasteiger partial charge in [-0.1, -0.05) is 30.3 Å². The molecule has 2 aliphatic carbocycles. The quantitative estimate of drug-likeness (QED) is 0.580. The van der Waals surface area contributed by atoms with Gasteiger partial charge in [0.1, 0.15) is 12.4 Å². The minimum absolute atomic E-state index is 0.0700. The molecule has 5 atom stereocenters. The summed E-state index contributed by atoms with van der Waals surface area (Å²) in [5.41, 5.74) is 1.29. The van der Waals surface area contributed by atoms with Gasteiger partial charge in [-0.2, -0.15) is 0 Å². The molecule has 1 heterocycles. The van der Waals surface area contributed by atoms with Gasteiger partial charge in [-0.3, -0.25) is 9.59 Å². The van der Waals surface area contributed by atoms with Gasteiger partial charge in [0, 0.05) is 24.2 Å². The number of benzene rings is 2. The molecule has 7 heteroatoms. The van der Waals surface area contributed by atoms with Crippen LogP contribution in [-0.2, 0) is 5.41 Å². The lowest BCUT2D eigenvalue weighted by Gasteiger charge is -2.26. The number of rotatable bonds is 5. The summed E-state index contributed by atoms with van der Waals surface area (Å²) in [6, 6.07) is 12.9. The standard InChI is InChI=1S/C24H26N2O5/c1-25-23(30)18-7-13(22(29)26-20-16-9-15(28)10-17(16)20)8-19-21(18)31-12-24(19,11-27)14-5-3-2-4-6-14/h2-8,15-17,20,27-28H,9-12H2,1H3,(H,25,30)(H,26,29)/t15-,16+,17-,20-,24?. The van der Waals surface area contributed by atoms with Crippen LogP contribution in [0.1, 0.15) is 44.7 Å². The predicted molar refractivity (Wildman–Crippen MR) is 113 cm³/mol. The molecule has 31 heavy (non-hydrogen) atoms. The van der Waals surface area contributed by atoms with E-state index in [1.54, 1.807) is 12.1 Å². The van der Waals surface area contributed by atoms with Crippen molar-refractivity contribution in [2.24, 2.45) is 11.8 Å². The van der Waals surface area contributed by atoms with E-state index in [4.69, 9.17) is 4.74 Å². The Morgan fingerprint density at radius 3 is 2.48 bits per heavy atom. The highest BCUT2D eigenvalue weighted by Gasteiger charge is 2.56. The minimum Gasteiger partial charge on any atom is -0.491 e. The number of hydrogen-bond acceptors (Lipinski definition) is 5. The number of carbonyl (C=O) groups excluding carboxylic acids is 2. The Balaban J connectivity index is 1.54. The average molecular weight is 422 g/mol. The van der Waals surface area contributed by atoms with Crippen LogP contribution in [-0.4, -0.2) is 54.4 Å². The van der Waals surface area contributed by atoms with Crippen molar-refractivity contribution in [2.45, 2.75) is 30.4 Å². The third-order valence-corrected chi connectivity index (χ3v) is 7.12. The number of fused-ring (bicyclic) bond motifs is 2. The molecule has 0 radical (unpaired) electrons. The summed E-state index contributed by atoms with van der Waals surface area (Å²) in [6.45, 7) is -0.0322. The summed E-state index contributed by atoms with van der Waals surface area (Å²) in [5.74, 6) is 0.458. The van der Waals surface area contributed by atoms with Crippen molar-refractivity contribution >= 4 is 11.8 Å². The van der Waals surface area contributed by atoms with E-state index in [1.807, 2.05) is 30.3 Å². The molecule has 7 nitrogen and oxygen atoms in total. The summed E-state index contributed by atoms with van der Waals surface area (Å²) in [5, 5.41) is 25.8. The minimum atomic E-state index is -0.851. The second-order valence-corrected chi connectivity index (χ2v) is 8.83. The Labute approximate surface area is 180 Å². The van der Waals surface area contributed by atoms with Gasteiger partial charge in [0.25, 0.3) is 11.8 Å². The molecule has 2 saturated carbocycles. The van der Waals surface area contributed by atoms with E-state index in [-0.39, 0.29) is 42.7 Å². The second kappa shape index (κ2) is 7.35. The van der Waals surface area contributed by atoms with Crippen LogP contribution in [0.3, 0.4) is 0 Å². The van der Waals surface area contributed by atoms with Crippen molar-refractivity contribution in [1.29, 1.82) is 0 Å². The van der Waals surface area contributed by atoms with Crippen LogP contribution in [0.4, 0.5) is 0 Å². The largest absolute Gasteiger partial charge is 0.491 e. The number of ether oxygens (including phenoxy) is 1. The number of aliphatic hydroxyl groups is 2. The van der Waals surface area contributed by atoms with Crippen LogP contribution in [0.25, 0.3) is 0 Å². The molecule has 5 rings (SSSR count). The van der Waals surface area contributed by atoms with Crippen LogP contribution >= 0.6 is 0 Å². The van der Waals surface area contributed by atoms with Crippen molar-refractivity contribution in [3.63, 3.8) is 0 Å². The Morgan fingerprint density at radius 2 is 1.84 bits per heavy atom. The van der Waals surface area contributed by atoms with Crippen LogP contribution in [0.2, 0.25) is 0 Å². The van der Waals surface area contributed by atoms with Crippen LogP contribution in [0.5, 0.6) is 5.75 Å². The van der Waals surface area contributed by atoms with Gasteiger partial charge in [-0.05, 0) is 42.4 Å². The van der Waals surface area contributed by atoms with Crippen LogP contribution in [0, 0.1) is 11.8 Å². The molecule has 2 amide bonds. The molecule has 2 aromatic carbocycles. The van der Waals surface area contributed by atoms with Crippen molar-refractivity contribution in [2.75, 3.05) is 20.3 Å². The molecule has 3 aliphatic rings. The highest BCUT2D eigenvalue weighted by molar-refractivity contribution is 6.02. The summed E-state index contributed by atoms with van der Waals surface area (Å²) in [6.07, 6.45) is 1.17. The number of amides is 2. The molecular formula is C24H26N2O5. The summed E-state index contributed by atoms with van der Waals surface area (Å²) >= 11 is 0. The highest BCUT2D eigenvalue weighted by atomic mass is 16.5. The Hall–Kier alpha value is -2.90. The van der Waals surface area contributed by atoms with Gasteiger partial charge in [0.2, 0.25) is 0 Å². The third kappa shape index (κ3) is 3.11. The summed E-state index contributed by atoms with van der Waals surface area (Å²) in [4.78, 5) is 25.7. The monoisotopic (exact) mass is 422 g/mol. The molecule has 0 aromatic heterocycles. The Morgan fingerprint density at radius 1 is 1.13 bits per heavy atom. The molecule has 0 saturated heterocycles. The van der Waals surface area contributed by atoms with Gasteiger partial charge in [-0.15, -0.1) is 0 Å². The normalized spacial score (nSPS) is 30.2. The van der Waals surface area contributed by atoms with E-state index in [0.29, 0.717) is 28.7 Å². The Kier molecular flexibility index (Phi) is 4.75. The number of hydrogen-bond donors (Lipinski definition) is 4. The lowest BCUT2D eigenvalue weighted by molar-refractivity contribution is 0.0936. The number of aliphatic hydroxyl groups excluding tert-OH is 2. The molecular weight excluding hydrogens is 396 g/mol. The van der Waals surface area contributed by atoms with E-state index < -0.39 is 5.41 Å². The molecule has 2 aromatic rings. The lowest BCUT2D eigenvalue weighted by Crippen LogP contribution is -2.34. The van der Waals surface area contributed by atoms with Gasteiger partial charge in [0.15, 0.2) is 0 Å². The second-order valence-electron chi connectivity index (χ2n) is 8.83. The fourth-order valence-corrected chi connectivity index (χ4v) is 5.33. The first-order valence-corrected chi connectivity index (χ1v) is 10.7. The van der Waals surface area contributed by atoms with Crippen LogP contribution < -0.4 is 15.4 Å². The first kappa shape index (κ1) is 20.0. The van der Waals surface area contributed by atoms with E-state index in [9.17, 15) is 19.8 Å². The summed E-state index contributed by atoms with van der Waals surface area (Å²) < 4.78 is 5.93. The molecule has 4 N–H and O–H groups in total. The van der Waals surface area contributed by atoms with Gasteiger partial charge >= 0.3 is 0 Å². The Bertz CT molecular complexity index is 1030. The fraction of sp³-hybridized carbons (Fsp3) is 0.417. The molecule has 2 fully saturated rings. The SMILES string of the molecule is CNC(=O)c1cc(C(=O)N[C@H]2[C@@H]3C[C@H](O)C[C@@H]32)cc2c1OCC2(CO)c1ccccc1. The lowest BCUT2D eigenvalue weighted by atomic mass is 9.76. The van der Waals surface area contributed by atoms with Crippen molar-refractivity contribution < 1.29 is 24.5 Å². The fourth-order valence-electron chi connectivity index (χ4n) is 5.33. The molecule has 162 valence electrons. The van der Waals surface area contributed by atoms with E-state index >= 15 is 0 Å². The third-order valence-electron chi connectivity index (χ3n) is 7.12. The van der Waals surface area contributed by atoms with Crippen molar-refractivity contribution in [3.05, 3.63) is 64.7 Å². The predicted octanol–water partition coefficient (Wildman–Crippen LogP) is 1.22. The maximum Gasteiger partial charge on any atom is 0.254 e. The zero-order valence-electron chi connectivity index (χ0n) is 17.3. The molecule has 0 spiro atoms. The number of nitrogens with one attached hydrogen (secondary N) is 2. The van der Waals surface area contributed by atoms with E-state index in [2.05, 4.69) is 10.6 Å².